The summed E-state index contributed by atoms with van der Waals surface area (Å²) in [6.45, 7) is 2.29. The van der Waals surface area contributed by atoms with Crippen molar-refractivity contribution in [3.8, 4) is 0 Å². The Labute approximate surface area is 92.9 Å². The number of hydrogen-bond acceptors (Lipinski definition) is 1. The first kappa shape index (κ1) is 10.9. The molecule has 0 bridgehead atoms. The van der Waals surface area contributed by atoms with E-state index >= 15 is 0 Å². The minimum Gasteiger partial charge on any atom is -0.294 e. The monoisotopic (exact) mass is 206 g/mol. The fraction of sp³-hybridized carbons (Fsp3) is 0.786. The smallest absolute Gasteiger partial charge is 0.161 e. The van der Waals surface area contributed by atoms with E-state index in [1.807, 2.05) is 0 Å². The summed E-state index contributed by atoms with van der Waals surface area (Å²) in [6.07, 6.45) is 11.7. The minimum atomic E-state index is 0.359. The van der Waals surface area contributed by atoms with Crippen LogP contribution in [0.25, 0.3) is 0 Å². The van der Waals surface area contributed by atoms with Gasteiger partial charge in [-0.25, -0.2) is 0 Å². The van der Waals surface area contributed by atoms with E-state index in [0.717, 1.165) is 37.2 Å². The molecule has 1 heteroatoms. The number of ketones is 1. The van der Waals surface area contributed by atoms with Gasteiger partial charge in [0.2, 0.25) is 0 Å². The summed E-state index contributed by atoms with van der Waals surface area (Å²) in [4.78, 5) is 12.2. The number of carbonyl (C=O) groups is 1. The van der Waals surface area contributed by atoms with E-state index in [1.54, 1.807) is 0 Å². The molecule has 15 heavy (non-hydrogen) atoms. The van der Waals surface area contributed by atoms with Crippen molar-refractivity contribution in [2.75, 3.05) is 0 Å². The first-order valence-corrected chi connectivity index (χ1v) is 6.50. The van der Waals surface area contributed by atoms with Crippen LogP contribution in [0, 0.1) is 11.8 Å². The van der Waals surface area contributed by atoms with Crippen LogP contribution in [0.3, 0.4) is 0 Å². The second kappa shape index (κ2) is 4.96. The lowest BCUT2D eigenvalue weighted by Gasteiger charge is -2.27. The van der Waals surface area contributed by atoms with Gasteiger partial charge in [-0.05, 0) is 50.0 Å². The topological polar surface area (TPSA) is 17.1 Å². The number of hydrogen-bond donors (Lipinski definition) is 0. The van der Waals surface area contributed by atoms with Crippen LogP contribution in [-0.2, 0) is 4.79 Å². The SMILES string of the molecule is CC1CCCC(C(=O)C2=CCCCC2)C1. The Morgan fingerprint density at radius 3 is 2.80 bits per heavy atom. The van der Waals surface area contributed by atoms with Crippen molar-refractivity contribution in [2.24, 2.45) is 11.8 Å². The number of carbonyl (C=O) groups excluding carboxylic acids is 1. The maximum atomic E-state index is 12.2. The Morgan fingerprint density at radius 2 is 2.13 bits per heavy atom. The lowest BCUT2D eigenvalue weighted by atomic mass is 9.77. The largest absolute Gasteiger partial charge is 0.294 e. The minimum absolute atomic E-state index is 0.359. The average Bonchev–Trinajstić information content (AvgIpc) is 2.29. The molecule has 84 valence electrons. The second-order valence-electron chi connectivity index (χ2n) is 5.31. The van der Waals surface area contributed by atoms with Crippen molar-refractivity contribution in [3.05, 3.63) is 11.6 Å². The van der Waals surface area contributed by atoms with Crippen molar-refractivity contribution < 1.29 is 4.79 Å². The van der Waals surface area contributed by atoms with Crippen molar-refractivity contribution in [1.82, 2.24) is 0 Å². The van der Waals surface area contributed by atoms with Crippen LogP contribution in [-0.4, -0.2) is 5.78 Å². The van der Waals surface area contributed by atoms with Gasteiger partial charge in [0.05, 0.1) is 0 Å². The highest BCUT2D eigenvalue weighted by molar-refractivity contribution is 5.97. The fourth-order valence-electron chi connectivity index (χ4n) is 3.00. The molecule has 1 saturated carbocycles. The number of Topliss-reactive ketones (excluding diaryl/α,β-unsaturated/α-hetero) is 1. The van der Waals surface area contributed by atoms with Crippen LogP contribution < -0.4 is 0 Å². The zero-order valence-electron chi connectivity index (χ0n) is 9.80. The van der Waals surface area contributed by atoms with Gasteiger partial charge >= 0.3 is 0 Å². The summed E-state index contributed by atoms with van der Waals surface area (Å²) in [5.41, 5.74) is 1.15. The van der Waals surface area contributed by atoms with Crippen LogP contribution in [0.4, 0.5) is 0 Å². The van der Waals surface area contributed by atoms with E-state index in [2.05, 4.69) is 13.0 Å². The quantitative estimate of drug-likeness (QED) is 0.670. The molecular weight excluding hydrogens is 184 g/mol. The maximum absolute atomic E-state index is 12.2. The molecule has 2 aliphatic carbocycles. The molecule has 2 atom stereocenters. The summed E-state index contributed by atoms with van der Waals surface area (Å²) in [6, 6.07) is 0. The lowest BCUT2D eigenvalue weighted by Crippen LogP contribution is -2.23. The first-order chi connectivity index (χ1) is 7.27. The third-order valence-corrected chi connectivity index (χ3v) is 3.91. The first-order valence-electron chi connectivity index (χ1n) is 6.50. The predicted octanol–water partition coefficient (Wildman–Crippen LogP) is 3.88. The molecule has 0 aromatic heterocycles. The van der Waals surface area contributed by atoms with E-state index in [4.69, 9.17) is 0 Å². The highest BCUT2D eigenvalue weighted by atomic mass is 16.1. The molecule has 0 spiro atoms. The van der Waals surface area contributed by atoms with Gasteiger partial charge in [0.15, 0.2) is 5.78 Å². The highest BCUT2D eigenvalue weighted by Crippen LogP contribution is 2.32. The van der Waals surface area contributed by atoms with Crippen molar-refractivity contribution >= 4 is 5.78 Å². The van der Waals surface area contributed by atoms with E-state index in [-0.39, 0.29) is 0 Å². The fourth-order valence-corrected chi connectivity index (χ4v) is 3.00. The second-order valence-corrected chi connectivity index (χ2v) is 5.31. The Hall–Kier alpha value is -0.590. The molecule has 0 aromatic rings. The third kappa shape index (κ3) is 2.70. The predicted molar refractivity (Wildman–Crippen MR) is 62.7 cm³/mol. The summed E-state index contributed by atoms with van der Waals surface area (Å²) in [5, 5.41) is 0. The van der Waals surface area contributed by atoms with Crippen LogP contribution in [0.5, 0.6) is 0 Å². The van der Waals surface area contributed by atoms with Crippen LogP contribution >= 0.6 is 0 Å². The summed E-state index contributed by atoms with van der Waals surface area (Å²) in [5.74, 6) is 1.61. The molecule has 2 unspecified atom stereocenters. The molecule has 0 aliphatic heterocycles. The molecule has 1 fully saturated rings. The standard InChI is InChI=1S/C14H22O/c1-11-6-5-9-13(10-11)14(15)12-7-3-2-4-8-12/h7,11,13H,2-6,8-10H2,1H3. The number of rotatable bonds is 2. The van der Waals surface area contributed by atoms with Gasteiger partial charge in [-0.3, -0.25) is 4.79 Å². The molecule has 2 rings (SSSR count). The lowest BCUT2D eigenvalue weighted by molar-refractivity contribution is -0.120. The summed E-state index contributed by atoms with van der Waals surface area (Å²) >= 11 is 0. The van der Waals surface area contributed by atoms with Gasteiger partial charge in [-0.2, -0.15) is 0 Å². The summed E-state index contributed by atoms with van der Waals surface area (Å²) < 4.78 is 0. The molecule has 0 amide bonds. The van der Waals surface area contributed by atoms with Crippen molar-refractivity contribution in [2.45, 2.75) is 58.3 Å². The molecule has 0 radical (unpaired) electrons. The molecule has 0 N–H and O–H groups in total. The van der Waals surface area contributed by atoms with Gasteiger partial charge < -0.3 is 0 Å². The molecule has 2 aliphatic rings. The zero-order valence-corrected chi connectivity index (χ0v) is 9.80. The highest BCUT2D eigenvalue weighted by Gasteiger charge is 2.27. The Morgan fingerprint density at radius 1 is 1.27 bits per heavy atom. The van der Waals surface area contributed by atoms with E-state index in [1.165, 1.54) is 25.7 Å². The van der Waals surface area contributed by atoms with E-state index in [9.17, 15) is 4.79 Å². The Balaban J connectivity index is 1.97. The normalized spacial score (nSPS) is 32.2. The Bertz CT molecular complexity index is 265. The van der Waals surface area contributed by atoms with Gasteiger partial charge in [0, 0.05) is 5.92 Å². The van der Waals surface area contributed by atoms with Crippen LogP contribution in [0.15, 0.2) is 11.6 Å². The maximum Gasteiger partial charge on any atom is 0.161 e. The Kier molecular flexibility index (Phi) is 3.61. The van der Waals surface area contributed by atoms with Gasteiger partial charge in [-0.1, -0.05) is 25.8 Å². The van der Waals surface area contributed by atoms with Gasteiger partial charge in [0.1, 0.15) is 0 Å². The summed E-state index contributed by atoms with van der Waals surface area (Å²) in [7, 11) is 0. The molecule has 0 heterocycles. The van der Waals surface area contributed by atoms with Crippen LogP contribution in [0.2, 0.25) is 0 Å². The van der Waals surface area contributed by atoms with E-state index in [0.29, 0.717) is 11.7 Å². The third-order valence-electron chi connectivity index (χ3n) is 3.91. The average molecular weight is 206 g/mol. The molecule has 1 nitrogen and oxygen atoms in total. The molecule has 0 saturated heterocycles. The molecular formula is C14H22O. The number of allylic oxidation sites excluding steroid dienone is 2. The van der Waals surface area contributed by atoms with Crippen molar-refractivity contribution in [3.63, 3.8) is 0 Å². The molecule has 0 aromatic carbocycles. The van der Waals surface area contributed by atoms with Gasteiger partial charge in [0.25, 0.3) is 0 Å². The van der Waals surface area contributed by atoms with E-state index < -0.39 is 0 Å². The van der Waals surface area contributed by atoms with Gasteiger partial charge in [-0.15, -0.1) is 0 Å². The van der Waals surface area contributed by atoms with Crippen LogP contribution in [0.1, 0.15) is 58.3 Å². The van der Waals surface area contributed by atoms with Crippen molar-refractivity contribution in [1.29, 1.82) is 0 Å². The zero-order chi connectivity index (χ0) is 10.7.